The van der Waals surface area contributed by atoms with Gasteiger partial charge in [0.25, 0.3) is 10.0 Å². The van der Waals surface area contributed by atoms with Crippen molar-refractivity contribution < 1.29 is 17.9 Å². The maximum absolute atomic E-state index is 12.4. The average molecular weight is 561 g/mol. The van der Waals surface area contributed by atoms with E-state index < -0.39 is 16.1 Å². The van der Waals surface area contributed by atoms with Gasteiger partial charge in [0.2, 0.25) is 0 Å². The summed E-state index contributed by atoms with van der Waals surface area (Å²) in [7, 11) is -4.12. The van der Waals surface area contributed by atoms with Crippen LogP contribution in [0.2, 0.25) is 5.02 Å². The molecule has 0 saturated carbocycles. The molecule has 10 heteroatoms. The number of amides is 1. The van der Waals surface area contributed by atoms with Crippen LogP contribution in [0.15, 0.2) is 90.0 Å². The third-order valence-electron chi connectivity index (χ3n) is 5.63. The van der Waals surface area contributed by atoms with E-state index in [0.29, 0.717) is 6.42 Å². The monoisotopic (exact) mass is 560 g/mol. The van der Waals surface area contributed by atoms with Crippen molar-refractivity contribution in [3.05, 3.63) is 101 Å². The van der Waals surface area contributed by atoms with E-state index in [1.807, 2.05) is 65.5 Å². The van der Waals surface area contributed by atoms with Gasteiger partial charge in [-0.3, -0.25) is 0 Å². The SMILES string of the molecule is CC(C)(C)c1nc(-c2ccccc2)cn1-c1ccc(CCOC(=O)NS(=O)(=O)c2ccccc2Cl)cc1.[Na]. The van der Waals surface area contributed by atoms with Crippen molar-refractivity contribution in [2.75, 3.05) is 6.61 Å². The number of hydrogen-bond donors (Lipinski definition) is 1. The fourth-order valence-corrected chi connectivity index (χ4v) is 5.21. The quantitative estimate of drug-likeness (QED) is 0.290. The maximum Gasteiger partial charge on any atom is 0.421 e. The van der Waals surface area contributed by atoms with E-state index in [0.717, 1.165) is 28.3 Å². The summed E-state index contributed by atoms with van der Waals surface area (Å²) in [6.45, 7) is 6.40. The first-order valence-electron chi connectivity index (χ1n) is 11.7. The molecule has 7 nitrogen and oxygen atoms in total. The molecule has 0 aliphatic carbocycles. The first-order valence-corrected chi connectivity index (χ1v) is 13.6. The van der Waals surface area contributed by atoms with Crippen LogP contribution in [0.3, 0.4) is 0 Å². The Hall–Kier alpha value is -2.62. The minimum absolute atomic E-state index is 0. The summed E-state index contributed by atoms with van der Waals surface area (Å²) in [6.07, 6.45) is 1.40. The van der Waals surface area contributed by atoms with Gasteiger partial charge in [0.15, 0.2) is 0 Å². The molecule has 3 aromatic carbocycles. The molecule has 1 amide bonds. The maximum atomic E-state index is 12.4. The number of aromatic nitrogens is 2. The molecule has 0 fully saturated rings. The van der Waals surface area contributed by atoms with E-state index in [-0.39, 0.29) is 51.5 Å². The zero-order valence-electron chi connectivity index (χ0n) is 21.8. The van der Waals surface area contributed by atoms with Crippen LogP contribution in [-0.2, 0) is 26.6 Å². The Morgan fingerprint density at radius 2 is 1.61 bits per heavy atom. The first kappa shape index (κ1) is 29.9. The number of nitrogens with one attached hydrogen (secondary N) is 1. The molecular formula is C28H28ClN3NaO4S. The van der Waals surface area contributed by atoms with Crippen molar-refractivity contribution in [2.45, 2.75) is 37.5 Å². The molecule has 193 valence electrons. The summed E-state index contributed by atoms with van der Waals surface area (Å²) in [4.78, 5) is 16.8. The van der Waals surface area contributed by atoms with Crippen LogP contribution in [0.25, 0.3) is 16.9 Å². The summed E-state index contributed by atoms with van der Waals surface area (Å²) in [6, 6.07) is 23.8. The Kier molecular flexibility index (Phi) is 9.84. The standard InChI is InChI=1S/C28H28ClN3O4S.Na/c1-28(2,3)26-30-24(21-9-5-4-6-10-21)19-32(26)22-15-13-20(14-16-22)17-18-36-27(33)31-37(34,35)25-12-8-7-11-23(25)29;/h4-16,19H,17-18H2,1-3H3,(H,31,33);. The Labute approximate surface area is 250 Å². The van der Waals surface area contributed by atoms with E-state index in [9.17, 15) is 13.2 Å². The van der Waals surface area contributed by atoms with Crippen molar-refractivity contribution in [3.63, 3.8) is 0 Å². The second-order valence-electron chi connectivity index (χ2n) is 9.52. The van der Waals surface area contributed by atoms with Crippen LogP contribution in [0, 0.1) is 0 Å². The van der Waals surface area contributed by atoms with Crippen LogP contribution in [-0.4, -0.2) is 60.2 Å². The van der Waals surface area contributed by atoms with Crippen molar-refractivity contribution in [1.82, 2.24) is 14.3 Å². The molecule has 0 aliphatic heterocycles. The number of nitrogens with zero attached hydrogens (tertiary/aromatic N) is 2. The normalized spacial score (nSPS) is 11.5. The largest absolute Gasteiger partial charge is 0.448 e. The molecule has 1 aromatic heterocycles. The summed E-state index contributed by atoms with van der Waals surface area (Å²) in [5.41, 5.74) is 3.69. The predicted molar refractivity (Wildman–Crippen MR) is 150 cm³/mol. The minimum Gasteiger partial charge on any atom is -0.448 e. The van der Waals surface area contributed by atoms with Crippen LogP contribution in [0.4, 0.5) is 4.79 Å². The van der Waals surface area contributed by atoms with E-state index in [4.69, 9.17) is 21.3 Å². The van der Waals surface area contributed by atoms with Crippen LogP contribution >= 0.6 is 11.6 Å². The number of rotatable bonds is 7. The molecule has 4 rings (SSSR count). The Morgan fingerprint density at radius 3 is 2.24 bits per heavy atom. The average Bonchev–Trinajstić information content (AvgIpc) is 3.31. The van der Waals surface area contributed by atoms with E-state index >= 15 is 0 Å². The van der Waals surface area contributed by atoms with Gasteiger partial charge < -0.3 is 9.30 Å². The van der Waals surface area contributed by atoms with Crippen LogP contribution in [0.1, 0.15) is 32.2 Å². The third kappa shape index (κ3) is 7.27. The van der Waals surface area contributed by atoms with E-state index in [2.05, 4.69) is 25.3 Å². The Bertz CT molecular complexity index is 1500. The molecule has 1 heterocycles. The first-order chi connectivity index (χ1) is 17.5. The van der Waals surface area contributed by atoms with Gasteiger partial charge >= 0.3 is 6.09 Å². The summed E-state index contributed by atoms with van der Waals surface area (Å²) in [5, 5.41) is 0.0197. The fraction of sp³-hybridized carbons (Fsp3) is 0.214. The molecule has 1 radical (unpaired) electrons. The molecular weight excluding hydrogens is 533 g/mol. The zero-order chi connectivity index (χ0) is 26.6. The molecule has 0 saturated heterocycles. The van der Waals surface area contributed by atoms with Gasteiger partial charge in [-0.1, -0.05) is 87.0 Å². The third-order valence-corrected chi connectivity index (χ3v) is 7.44. The number of carbonyl (C=O) groups excluding carboxylic acids is 1. The summed E-state index contributed by atoms with van der Waals surface area (Å²) >= 11 is 5.92. The molecule has 1 N–H and O–H groups in total. The van der Waals surface area contributed by atoms with Crippen LogP contribution in [0.5, 0.6) is 0 Å². The van der Waals surface area contributed by atoms with Gasteiger partial charge in [-0.2, -0.15) is 0 Å². The van der Waals surface area contributed by atoms with Crippen LogP contribution < -0.4 is 4.72 Å². The molecule has 4 aromatic rings. The number of carbonyl (C=O) groups is 1. The smallest absolute Gasteiger partial charge is 0.421 e. The molecule has 0 bridgehead atoms. The number of imidazole rings is 1. The fourth-order valence-electron chi connectivity index (χ4n) is 3.80. The summed E-state index contributed by atoms with van der Waals surface area (Å²) < 4.78 is 33.8. The topological polar surface area (TPSA) is 90.3 Å². The van der Waals surface area contributed by atoms with Gasteiger partial charge in [-0.05, 0) is 29.8 Å². The second kappa shape index (κ2) is 12.5. The molecule has 0 atom stereocenters. The zero-order valence-corrected chi connectivity index (χ0v) is 25.4. The van der Waals surface area contributed by atoms with Gasteiger partial charge in [0.05, 0.1) is 17.3 Å². The molecule has 0 unspecified atom stereocenters. The van der Waals surface area contributed by atoms with Gasteiger partial charge in [0, 0.05) is 58.8 Å². The molecule has 38 heavy (non-hydrogen) atoms. The van der Waals surface area contributed by atoms with Crippen molar-refractivity contribution in [2.24, 2.45) is 0 Å². The second-order valence-corrected chi connectivity index (χ2v) is 11.6. The Balaban J connectivity index is 0.00000400. The predicted octanol–water partition coefficient (Wildman–Crippen LogP) is 5.77. The molecule has 0 aliphatic rings. The number of sulfonamides is 1. The van der Waals surface area contributed by atoms with Crippen molar-refractivity contribution >= 4 is 57.3 Å². The van der Waals surface area contributed by atoms with Gasteiger partial charge in [-0.25, -0.2) is 22.9 Å². The summed E-state index contributed by atoms with van der Waals surface area (Å²) in [5.74, 6) is 0.943. The van der Waals surface area contributed by atoms with Gasteiger partial charge in [-0.15, -0.1) is 0 Å². The number of halogens is 1. The van der Waals surface area contributed by atoms with Crippen molar-refractivity contribution in [3.8, 4) is 16.9 Å². The van der Waals surface area contributed by atoms with Gasteiger partial charge in [0.1, 0.15) is 10.7 Å². The number of ether oxygens (including phenoxy) is 1. The Morgan fingerprint density at radius 1 is 0.974 bits per heavy atom. The minimum atomic E-state index is -4.12. The van der Waals surface area contributed by atoms with E-state index in [1.54, 1.807) is 6.07 Å². The van der Waals surface area contributed by atoms with Crippen molar-refractivity contribution in [1.29, 1.82) is 0 Å². The molecule has 0 spiro atoms. The van der Waals surface area contributed by atoms with E-state index in [1.165, 1.54) is 18.2 Å². The number of hydrogen-bond acceptors (Lipinski definition) is 5. The number of benzene rings is 3.